The molecule has 2 aromatic carbocycles. The summed E-state index contributed by atoms with van der Waals surface area (Å²) in [6.45, 7) is 1.63. The average molecular weight is 353 g/mol. The summed E-state index contributed by atoms with van der Waals surface area (Å²) in [5.41, 5.74) is 1.01. The SMILES string of the molecule is Cc1[nH]n(-c2ccc(F)cc2)c(=O)c1N=C(Cc1ccccc1)C(=O)O. The van der Waals surface area contributed by atoms with Crippen molar-refractivity contribution in [3.63, 3.8) is 0 Å². The maximum atomic E-state index is 13.1. The second kappa shape index (κ2) is 7.18. The zero-order valence-electron chi connectivity index (χ0n) is 13.9. The largest absolute Gasteiger partial charge is 0.477 e. The Morgan fingerprint density at radius 3 is 2.42 bits per heavy atom. The smallest absolute Gasteiger partial charge is 0.350 e. The predicted octanol–water partition coefficient (Wildman–Crippen LogP) is 3.01. The van der Waals surface area contributed by atoms with Gasteiger partial charge < -0.3 is 5.11 Å². The molecular formula is C19H16FN3O3. The molecule has 7 heteroatoms. The van der Waals surface area contributed by atoms with Crippen molar-refractivity contribution in [1.29, 1.82) is 0 Å². The molecule has 0 saturated heterocycles. The first-order chi connectivity index (χ1) is 12.5. The fraction of sp³-hybridized carbons (Fsp3) is 0.105. The van der Waals surface area contributed by atoms with Gasteiger partial charge in [0.15, 0.2) is 5.69 Å². The summed E-state index contributed by atoms with van der Waals surface area (Å²) in [5.74, 6) is -1.61. The minimum Gasteiger partial charge on any atom is -0.477 e. The van der Waals surface area contributed by atoms with E-state index in [1.165, 1.54) is 28.9 Å². The van der Waals surface area contributed by atoms with Gasteiger partial charge in [0, 0.05) is 6.42 Å². The van der Waals surface area contributed by atoms with Gasteiger partial charge in [-0.05, 0) is 36.8 Å². The summed E-state index contributed by atoms with van der Waals surface area (Å²) in [6, 6.07) is 14.4. The molecule has 3 rings (SSSR count). The van der Waals surface area contributed by atoms with Gasteiger partial charge in [0.2, 0.25) is 0 Å². The van der Waals surface area contributed by atoms with Crippen molar-refractivity contribution >= 4 is 17.4 Å². The highest BCUT2D eigenvalue weighted by Gasteiger charge is 2.16. The molecule has 0 aliphatic heterocycles. The second-order valence-corrected chi connectivity index (χ2v) is 5.73. The third kappa shape index (κ3) is 3.61. The van der Waals surface area contributed by atoms with Crippen LogP contribution in [0, 0.1) is 12.7 Å². The lowest BCUT2D eigenvalue weighted by Gasteiger charge is -2.01. The molecule has 132 valence electrons. The molecule has 0 aliphatic rings. The number of aromatic nitrogens is 2. The van der Waals surface area contributed by atoms with Crippen molar-refractivity contribution in [3.05, 3.63) is 82.0 Å². The zero-order chi connectivity index (χ0) is 18.7. The number of benzene rings is 2. The van der Waals surface area contributed by atoms with Crippen LogP contribution in [0.3, 0.4) is 0 Å². The van der Waals surface area contributed by atoms with Gasteiger partial charge in [-0.15, -0.1) is 0 Å². The molecule has 0 saturated carbocycles. The molecule has 0 radical (unpaired) electrons. The highest BCUT2D eigenvalue weighted by molar-refractivity contribution is 6.36. The Balaban J connectivity index is 2.02. The molecular weight excluding hydrogens is 337 g/mol. The van der Waals surface area contributed by atoms with Gasteiger partial charge in [-0.3, -0.25) is 9.89 Å². The van der Waals surface area contributed by atoms with Crippen LogP contribution in [0.5, 0.6) is 0 Å². The van der Waals surface area contributed by atoms with E-state index in [1.54, 1.807) is 31.2 Å². The van der Waals surface area contributed by atoms with Crippen molar-refractivity contribution in [2.75, 3.05) is 0 Å². The lowest BCUT2D eigenvalue weighted by Crippen LogP contribution is -2.18. The van der Waals surface area contributed by atoms with E-state index >= 15 is 0 Å². The van der Waals surface area contributed by atoms with Crippen LogP contribution in [0.4, 0.5) is 10.1 Å². The van der Waals surface area contributed by atoms with Crippen LogP contribution < -0.4 is 5.56 Å². The Labute approximate surface area is 148 Å². The first kappa shape index (κ1) is 17.3. The van der Waals surface area contributed by atoms with E-state index in [-0.39, 0.29) is 17.8 Å². The molecule has 0 fully saturated rings. The minimum absolute atomic E-state index is 0.0163. The number of carboxylic acids is 1. The van der Waals surface area contributed by atoms with E-state index in [0.29, 0.717) is 11.4 Å². The minimum atomic E-state index is -1.19. The molecule has 1 heterocycles. The molecule has 0 unspecified atom stereocenters. The van der Waals surface area contributed by atoms with Crippen LogP contribution in [-0.2, 0) is 11.2 Å². The Morgan fingerprint density at radius 2 is 1.81 bits per heavy atom. The monoisotopic (exact) mass is 353 g/mol. The van der Waals surface area contributed by atoms with E-state index < -0.39 is 17.3 Å². The Hall–Kier alpha value is -3.48. The van der Waals surface area contributed by atoms with Crippen molar-refractivity contribution in [1.82, 2.24) is 9.78 Å². The van der Waals surface area contributed by atoms with Gasteiger partial charge in [-0.2, -0.15) is 0 Å². The van der Waals surface area contributed by atoms with Crippen LogP contribution in [0.1, 0.15) is 11.3 Å². The number of rotatable bonds is 5. The Kier molecular flexibility index (Phi) is 4.79. The maximum absolute atomic E-state index is 13.1. The summed E-state index contributed by atoms with van der Waals surface area (Å²) in [6.07, 6.45) is 0.0940. The summed E-state index contributed by atoms with van der Waals surface area (Å²) in [4.78, 5) is 28.3. The van der Waals surface area contributed by atoms with E-state index in [4.69, 9.17) is 0 Å². The number of hydrogen-bond acceptors (Lipinski definition) is 3. The lowest BCUT2D eigenvalue weighted by molar-refractivity contribution is -0.129. The number of carboxylic acid groups (broad SMARTS) is 1. The first-order valence-electron chi connectivity index (χ1n) is 7.88. The van der Waals surface area contributed by atoms with Gasteiger partial charge in [0.1, 0.15) is 11.5 Å². The van der Waals surface area contributed by atoms with Crippen LogP contribution >= 0.6 is 0 Å². The fourth-order valence-corrected chi connectivity index (χ4v) is 2.53. The third-order valence-corrected chi connectivity index (χ3v) is 3.83. The third-order valence-electron chi connectivity index (χ3n) is 3.83. The second-order valence-electron chi connectivity index (χ2n) is 5.73. The molecule has 0 amide bonds. The number of hydrogen-bond donors (Lipinski definition) is 2. The van der Waals surface area contributed by atoms with Crippen molar-refractivity contribution in [3.8, 4) is 5.69 Å². The standard InChI is InChI=1S/C19H16FN3O3/c1-12-17(18(24)23(22-12)15-9-7-14(20)8-10-15)21-16(19(25)26)11-13-5-3-2-4-6-13/h2-10,22H,11H2,1H3,(H,25,26). The van der Waals surface area contributed by atoms with E-state index in [0.717, 1.165) is 5.56 Å². The van der Waals surface area contributed by atoms with Gasteiger partial charge >= 0.3 is 5.97 Å². The maximum Gasteiger partial charge on any atom is 0.350 e. The Morgan fingerprint density at radius 1 is 1.15 bits per heavy atom. The Bertz CT molecular complexity index is 1020. The number of aliphatic imine (C=N–C) groups is 1. The quantitative estimate of drug-likeness (QED) is 0.691. The first-order valence-corrected chi connectivity index (χ1v) is 7.88. The van der Waals surface area contributed by atoms with Crippen molar-refractivity contribution in [2.45, 2.75) is 13.3 Å². The zero-order valence-corrected chi connectivity index (χ0v) is 13.9. The van der Waals surface area contributed by atoms with E-state index in [1.807, 2.05) is 6.07 Å². The predicted molar refractivity (Wildman–Crippen MR) is 96.0 cm³/mol. The van der Waals surface area contributed by atoms with Crippen LogP contribution in [0.25, 0.3) is 5.69 Å². The average Bonchev–Trinajstić information content (AvgIpc) is 2.90. The molecule has 1 aromatic heterocycles. The van der Waals surface area contributed by atoms with Gasteiger partial charge in [0.25, 0.3) is 5.56 Å². The molecule has 2 N–H and O–H groups in total. The number of H-pyrrole nitrogens is 1. The summed E-state index contributed by atoms with van der Waals surface area (Å²) < 4.78 is 14.3. The number of halogens is 1. The molecule has 0 atom stereocenters. The highest BCUT2D eigenvalue weighted by atomic mass is 19.1. The van der Waals surface area contributed by atoms with Gasteiger partial charge in [0.05, 0.1) is 11.4 Å². The van der Waals surface area contributed by atoms with Crippen molar-refractivity contribution in [2.24, 2.45) is 4.99 Å². The van der Waals surface area contributed by atoms with Crippen LogP contribution in [0.2, 0.25) is 0 Å². The number of aliphatic carboxylic acids is 1. The van der Waals surface area contributed by atoms with Crippen LogP contribution in [-0.4, -0.2) is 26.6 Å². The van der Waals surface area contributed by atoms with E-state index in [2.05, 4.69) is 10.1 Å². The number of aryl methyl sites for hydroxylation is 1. The summed E-state index contributed by atoms with van der Waals surface area (Å²) >= 11 is 0. The number of nitrogens with one attached hydrogen (secondary N) is 1. The number of carbonyl (C=O) groups is 1. The molecule has 0 aliphatic carbocycles. The molecule has 0 bridgehead atoms. The fourth-order valence-electron chi connectivity index (χ4n) is 2.53. The molecule has 6 nitrogen and oxygen atoms in total. The van der Waals surface area contributed by atoms with Crippen LogP contribution in [0.15, 0.2) is 64.4 Å². The number of nitrogens with zero attached hydrogens (tertiary/aromatic N) is 2. The van der Waals surface area contributed by atoms with Gasteiger partial charge in [-0.1, -0.05) is 30.3 Å². The summed E-state index contributed by atoms with van der Waals surface area (Å²) in [7, 11) is 0. The normalized spacial score (nSPS) is 11.5. The topological polar surface area (TPSA) is 87.5 Å². The summed E-state index contributed by atoms with van der Waals surface area (Å²) in [5, 5.41) is 12.3. The lowest BCUT2D eigenvalue weighted by atomic mass is 10.1. The molecule has 0 spiro atoms. The van der Waals surface area contributed by atoms with E-state index in [9.17, 15) is 19.1 Å². The highest BCUT2D eigenvalue weighted by Crippen LogP contribution is 2.16. The van der Waals surface area contributed by atoms with Gasteiger partial charge in [-0.25, -0.2) is 18.9 Å². The molecule has 3 aromatic rings. The van der Waals surface area contributed by atoms with Crippen molar-refractivity contribution < 1.29 is 14.3 Å². The molecule has 26 heavy (non-hydrogen) atoms. The number of aromatic amines is 1.